The normalized spacial score (nSPS) is 19.2. The van der Waals surface area contributed by atoms with E-state index in [9.17, 15) is 0 Å². The highest BCUT2D eigenvalue weighted by atomic mass is 127. The van der Waals surface area contributed by atoms with Crippen LogP contribution in [0.25, 0.3) is 0 Å². The molecule has 0 bridgehead atoms. The van der Waals surface area contributed by atoms with E-state index < -0.39 is 0 Å². The predicted octanol–water partition coefficient (Wildman–Crippen LogP) is 4.11. The summed E-state index contributed by atoms with van der Waals surface area (Å²) in [5.74, 6) is 3.34. The van der Waals surface area contributed by atoms with Crippen molar-refractivity contribution in [2.45, 2.75) is 25.9 Å². The molecule has 4 rings (SSSR count). The first kappa shape index (κ1) is 24.0. The largest absolute Gasteiger partial charge is 0.370 e. The van der Waals surface area contributed by atoms with Crippen molar-refractivity contribution in [1.29, 1.82) is 0 Å². The second-order valence-electron chi connectivity index (χ2n) is 8.10. The van der Waals surface area contributed by atoms with Crippen molar-refractivity contribution in [3.8, 4) is 0 Å². The highest BCUT2D eigenvalue weighted by molar-refractivity contribution is 14.0. The first-order chi connectivity index (χ1) is 14.7. The Bertz CT molecular complexity index is 834. The van der Waals surface area contributed by atoms with Crippen LogP contribution in [-0.2, 0) is 6.54 Å². The maximum Gasteiger partial charge on any atom is 0.191 e. The Hall–Kier alpha value is -1.61. The molecule has 7 heteroatoms. The maximum absolute atomic E-state index is 4.43. The molecule has 2 heterocycles. The van der Waals surface area contributed by atoms with E-state index >= 15 is 0 Å². The number of benzene rings is 2. The fourth-order valence-corrected chi connectivity index (χ4v) is 4.99. The number of thioether (sulfide) groups is 1. The molecule has 0 aromatic heterocycles. The van der Waals surface area contributed by atoms with Gasteiger partial charge in [0.15, 0.2) is 5.96 Å². The van der Waals surface area contributed by atoms with Crippen molar-refractivity contribution < 1.29 is 0 Å². The second-order valence-corrected chi connectivity index (χ2v) is 9.33. The Morgan fingerprint density at radius 1 is 0.968 bits per heavy atom. The van der Waals surface area contributed by atoms with Crippen LogP contribution in [0, 0.1) is 6.92 Å². The van der Waals surface area contributed by atoms with Gasteiger partial charge in [-0.1, -0.05) is 29.8 Å². The first-order valence-corrected chi connectivity index (χ1v) is 12.1. The van der Waals surface area contributed by atoms with Crippen LogP contribution >= 0.6 is 35.7 Å². The summed E-state index contributed by atoms with van der Waals surface area (Å²) in [5, 5.41) is 7.07. The topological polar surface area (TPSA) is 42.9 Å². The number of hydrogen-bond acceptors (Lipinski definition) is 4. The predicted molar refractivity (Wildman–Crippen MR) is 147 cm³/mol. The monoisotopic (exact) mass is 551 g/mol. The molecule has 0 amide bonds. The Morgan fingerprint density at radius 3 is 2.29 bits per heavy atom. The van der Waals surface area contributed by atoms with Gasteiger partial charge < -0.3 is 20.4 Å². The van der Waals surface area contributed by atoms with Crippen molar-refractivity contribution in [3.63, 3.8) is 0 Å². The van der Waals surface area contributed by atoms with Crippen LogP contribution in [0.4, 0.5) is 11.4 Å². The molecule has 2 N–H and O–H groups in total. The zero-order valence-electron chi connectivity index (χ0n) is 18.5. The Balaban J connectivity index is 0.00000272. The lowest BCUT2D eigenvalue weighted by Crippen LogP contribution is -2.44. The van der Waals surface area contributed by atoms with Crippen molar-refractivity contribution in [1.82, 2.24) is 10.6 Å². The van der Waals surface area contributed by atoms with Crippen LogP contribution in [0.15, 0.2) is 53.5 Å². The summed E-state index contributed by atoms with van der Waals surface area (Å²) in [6, 6.07) is 18.2. The van der Waals surface area contributed by atoms with E-state index in [-0.39, 0.29) is 24.0 Å². The molecule has 1 unspecified atom stereocenters. The molecule has 0 spiro atoms. The highest BCUT2D eigenvalue weighted by Crippen LogP contribution is 2.21. The van der Waals surface area contributed by atoms with Crippen molar-refractivity contribution in [3.05, 3.63) is 59.7 Å². The molecule has 2 aliphatic heterocycles. The minimum Gasteiger partial charge on any atom is -0.370 e. The lowest BCUT2D eigenvalue weighted by molar-refractivity contribution is 0.648. The number of nitrogens with zero attached hydrogens (tertiary/aromatic N) is 3. The van der Waals surface area contributed by atoms with Gasteiger partial charge in [-0.3, -0.25) is 4.99 Å². The summed E-state index contributed by atoms with van der Waals surface area (Å²) in [7, 11) is 1.85. The van der Waals surface area contributed by atoms with E-state index in [4.69, 9.17) is 0 Å². The summed E-state index contributed by atoms with van der Waals surface area (Å²) in [4.78, 5) is 9.36. The van der Waals surface area contributed by atoms with Crippen LogP contribution in [0.5, 0.6) is 0 Å². The van der Waals surface area contributed by atoms with Crippen LogP contribution < -0.4 is 20.4 Å². The summed E-state index contributed by atoms with van der Waals surface area (Å²) >= 11 is 2.05. The highest BCUT2D eigenvalue weighted by Gasteiger charge is 2.23. The number of rotatable bonds is 5. The molecular formula is C24H34IN5S. The Labute approximate surface area is 208 Å². The van der Waals surface area contributed by atoms with E-state index in [1.54, 1.807) is 0 Å². The van der Waals surface area contributed by atoms with Crippen molar-refractivity contribution >= 4 is 53.1 Å². The van der Waals surface area contributed by atoms with Gasteiger partial charge in [0.1, 0.15) is 0 Å². The first-order valence-electron chi connectivity index (χ1n) is 10.9. The van der Waals surface area contributed by atoms with E-state index in [1.165, 1.54) is 34.0 Å². The molecule has 2 fully saturated rings. The number of nitrogens with one attached hydrogen (secondary N) is 2. The zero-order valence-corrected chi connectivity index (χ0v) is 21.7. The SMILES string of the molecule is CN=C(NCc1ccc(N2CCSCC2)cc1)NC1CCN(c2ccc(C)cc2)C1.I. The summed E-state index contributed by atoms with van der Waals surface area (Å²) < 4.78 is 0. The minimum absolute atomic E-state index is 0. The van der Waals surface area contributed by atoms with Gasteiger partial charge >= 0.3 is 0 Å². The van der Waals surface area contributed by atoms with E-state index in [0.29, 0.717) is 6.04 Å². The fraction of sp³-hybridized carbons (Fsp3) is 0.458. The number of guanidine groups is 1. The average molecular weight is 552 g/mol. The van der Waals surface area contributed by atoms with Gasteiger partial charge in [-0.15, -0.1) is 24.0 Å². The number of aliphatic imine (C=N–C) groups is 1. The van der Waals surface area contributed by atoms with Gasteiger partial charge in [0.05, 0.1) is 0 Å². The van der Waals surface area contributed by atoms with Crippen molar-refractivity contribution in [2.75, 3.05) is 54.5 Å². The lowest BCUT2D eigenvalue weighted by atomic mass is 10.2. The van der Waals surface area contributed by atoms with Crippen LogP contribution in [0.1, 0.15) is 17.5 Å². The summed E-state index contributed by atoms with van der Waals surface area (Å²) in [6.45, 7) is 7.30. The van der Waals surface area contributed by atoms with Gasteiger partial charge in [0.2, 0.25) is 0 Å². The number of aryl methyl sites for hydroxylation is 1. The smallest absolute Gasteiger partial charge is 0.191 e. The quantitative estimate of drug-likeness (QED) is 0.333. The fourth-order valence-electron chi connectivity index (χ4n) is 4.09. The Morgan fingerprint density at radius 2 is 1.61 bits per heavy atom. The molecular weight excluding hydrogens is 517 g/mol. The van der Waals surface area contributed by atoms with Gasteiger partial charge in [-0.25, -0.2) is 0 Å². The van der Waals surface area contributed by atoms with Crippen LogP contribution in [0.2, 0.25) is 0 Å². The van der Waals surface area contributed by atoms with E-state index in [1.807, 2.05) is 18.8 Å². The molecule has 2 aromatic carbocycles. The molecule has 2 saturated heterocycles. The molecule has 1 atom stereocenters. The third kappa shape index (κ3) is 6.68. The van der Waals surface area contributed by atoms with Crippen LogP contribution in [-0.4, -0.2) is 56.7 Å². The third-order valence-corrected chi connectivity index (χ3v) is 6.87. The van der Waals surface area contributed by atoms with E-state index in [0.717, 1.165) is 45.1 Å². The average Bonchev–Trinajstić information content (AvgIpc) is 3.26. The summed E-state index contributed by atoms with van der Waals surface area (Å²) in [6.07, 6.45) is 1.12. The Kier molecular flexibility index (Phi) is 9.19. The van der Waals surface area contributed by atoms with Crippen molar-refractivity contribution in [2.24, 2.45) is 4.99 Å². The molecule has 168 valence electrons. The molecule has 2 aromatic rings. The standard InChI is InChI=1S/C24H33N5S.HI/c1-19-3-7-23(8-4-19)29-12-11-21(18-29)27-24(25-2)26-17-20-5-9-22(10-6-20)28-13-15-30-16-14-28;/h3-10,21H,11-18H2,1-2H3,(H2,25,26,27);1H. The van der Waals surface area contributed by atoms with Gasteiger partial charge in [0.25, 0.3) is 0 Å². The number of halogens is 1. The molecule has 0 radical (unpaired) electrons. The van der Waals surface area contributed by atoms with Gasteiger partial charge in [0, 0.05) is 68.7 Å². The molecule has 31 heavy (non-hydrogen) atoms. The van der Waals surface area contributed by atoms with E-state index in [2.05, 4.69) is 80.9 Å². The molecule has 0 aliphatic carbocycles. The molecule has 2 aliphatic rings. The van der Waals surface area contributed by atoms with Gasteiger partial charge in [-0.05, 0) is 43.2 Å². The molecule has 5 nitrogen and oxygen atoms in total. The van der Waals surface area contributed by atoms with Gasteiger partial charge in [-0.2, -0.15) is 11.8 Å². The number of hydrogen-bond donors (Lipinski definition) is 2. The summed E-state index contributed by atoms with van der Waals surface area (Å²) in [5.41, 5.74) is 5.23. The maximum atomic E-state index is 4.43. The van der Waals surface area contributed by atoms with Crippen LogP contribution in [0.3, 0.4) is 0 Å². The number of anilines is 2. The molecule has 0 saturated carbocycles. The lowest BCUT2D eigenvalue weighted by Gasteiger charge is -2.28. The third-order valence-electron chi connectivity index (χ3n) is 5.92. The second kappa shape index (κ2) is 11.9. The minimum atomic E-state index is 0. The zero-order chi connectivity index (χ0) is 20.8.